The van der Waals surface area contributed by atoms with Gasteiger partial charge in [0.1, 0.15) is 5.82 Å². The highest BCUT2D eigenvalue weighted by atomic mass is 79.9. The fourth-order valence-corrected chi connectivity index (χ4v) is 2.40. The molecule has 1 unspecified atom stereocenters. The summed E-state index contributed by atoms with van der Waals surface area (Å²) in [4.78, 5) is 0. The van der Waals surface area contributed by atoms with E-state index in [1.807, 2.05) is 24.3 Å². The summed E-state index contributed by atoms with van der Waals surface area (Å²) in [6.45, 7) is 0. The summed E-state index contributed by atoms with van der Waals surface area (Å²) in [5.41, 5.74) is 8.07. The number of hydrogen-bond donors (Lipinski definition) is 1. The van der Waals surface area contributed by atoms with Crippen LogP contribution in [0.5, 0.6) is 0 Å². The van der Waals surface area contributed by atoms with Gasteiger partial charge < -0.3 is 5.73 Å². The average Bonchev–Trinajstić information content (AvgIpc) is 2.34. The largest absolute Gasteiger partial charge is 0.324 e. The summed E-state index contributed by atoms with van der Waals surface area (Å²) in [6.07, 6.45) is 0.638. The van der Waals surface area contributed by atoms with Crippen molar-refractivity contribution < 1.29 is 4.39 Å². The molecule has 0 bridgehead atoms. The maximum atomic E-state index is 13.1. The van der Waals surface area contributed by atoms with E-state index in [1.54, 1.807) is 12.1 Å². The van der Waals surface area contributed by atoms with Gasteiger partial charge in [-0.25, -0.2) is 4.39 Å². The number of benzene rings is 2. The van der Waals surface area contributed by atoms with Crippen LogP contribution in [0.1, 0.15) is 17.2 Å². The molecule has 4 heteroatoms. The zero-order valence-corrected chi connectivity index (χ0v) is 11.9. The van der Waals surface area contributed by atoms with Gasteiger partial charge in [-0.3, -0.25) is 0 Å². The Morgan fingerprint density at radius 2 is 2.00 bits per heavy atom. The fraction of sp³-hybridized carbons (Fsp3) is 0.143. The predicted octanol–water partition coefficient (Wildman–Crippen LogP) is 4.48. The Morgan fingerprint density at radius 3 is 2.67 bits per heavy atom. The summed E-state index contributed by atoms with van der Waals surface area (Å²) >= 11 is 9.09. The first-order valence-corrected chi connectivity index (χ1v) is 6.68. The number of halogens is 3. The van der Waals surface area contributed by atoms with Crippen LogP contribution in [0.15, 0.2) is 46.9 Å². The highest BCUT2D eigenvalue weighted by molar-refractivity contribution is 9.10. The third-order valence-corrected chi connectivity index (χ3v) is 3.56. The Balaban J connectivity index is 2.16. The second-order valence-electron chi connectivity index (χ2n) is 4.11. The van der Waals surface area contributed by atoms with E-state index in [0.717, 1.165) is 11.1 Å². The van der Waals surface area contributed by atoms with Gasteiger partial charge in [0.05, 0.1) is 4.47 Å². The van der Waals surface area contributed by atoms with Gasteiger partial charge in [-0.15, -0.1) is 0 Å². The number of hydrogen-bond acceptors (Lipinski definition) is 1. The van der Waals surface area contributed by atoms with Gasteiger partial charge in [0.25, 0.3) is 0 Å². The van der Waals surface area contributed by atoms with E-state index in [4.69, 9.17) is 17.3 Å². The van der Waals surface area contributed by atoms with Gasteiger partial charge in [0.15, 0.2) is 0 Å². The molecule has 0 saturated carbocycles. The van der Waals surface area contributed by atoms with Crippen molar-refractivity contribution in [3.05, 3.63) is 68.9 Å². The van der Waals surface area contributed by atoms with Crippen LogP contribution in [0.4, 0.5) is 4.39 Å². The molecule has 2 rings (SSSR count). The molecule has 2 N–H and O–H groups in total. The van der Waals surface area contributed by atoms with E-state index in [1.165, 1.54) is 6.07 Å². The van der Waals surface area contributed by atoms with Crippen LogP contribution in [0, 0.1) is 5.82 Å². The zero-order chi connectivity index (χ0) is 13.1. The van der Waals surface area contributed by atoms with E-state index < -0.39 is 0 Å². The number of nitrogens with two attached hydrogens (primary N) is 1. The third-order valence-electron chi connectivity index (χ3n) is 2.72. The first-order chi connectivity index (χ1) is 8.56. The molecule has 0 heterocycles. The first-order valence-electron chi connectivity index (χ1n) is 5.51. The van der Waals surface area contributed by atoms with Crippen molar-refractivity contribution in [1.82, 2.24) is 0 Å². The van der Waals surface area contributed by atoms with Gasteiger partial charge in [0, 0.05) is 11.1 Å². The van der Waals surface area contributed by atoms with Gasteiger partial charge >= 0.3 is 0 Å². The molecule has 0 spiro atoms. The molecule has 0 aromatic heterocycles. The second kappa shape index (κ2) is 5.83. The van der Waals surface area contributed by atoms with Crippen LogP contribution < -0.4 is 5.73 Å². The molecule has 0 amide bonds. The van der Waals surface area contributed by atoms with Crippen LogP contribution in [0.2, 0.25) is 5.02 Å². The maximum Gasteiger partial charge on any atom is 0.137 e. The minimum Gasteiger partial charge on any atom is -0.324 e. The fourth-order valence-electron chi connectivity index (χ4n) is 1.78. The Kier molecular flexibility index (Phi) is 4.38. The van der Waals surface area contributed by atoms with E-state index in [9.17, 15) is 4.39 Å². The molecule has 18 heavy (non-hydrogen) atoms. The standard InChI is InChI=1S/C14H12BrClFN/c15-12-6-9(4-5-13(12)17)7-14(18)10-2-1-3-11(16)8-10/h1-6,8,14H,7,18H2. The normalized spacial score (nSPS) is 12.4. The van der Waals surface area contributed by atoms with Gasteiger partial charge in [-0.1, -0.05) is 29.8 Å². The van der Waals surface area contributed by atoms with Crippen molar-refractivity contribution in [3.63, 3.8) is 0 Å². The van der Waals surface area contributed by atoms with Crippen molar-refractivity contribution >= 4 is 27.5 Å². The Bertz CT molecular complexity index is 559. The molecule has 1 nitrogen and oxygen atoms in total. The monoisotopic (exact) mass is 327 g/mol. The van der Waals surface area contributed by atoms with Crippen molar-refractivity contribution in [2.45, 2.75) is 12.5 Å². The minimum atomic E-state index is -0.268. The Labute approximate surface area is 119 Å². The molecule has 2 aromatic carbocycles. The molecule has 0 aliphatic rings. The summed E-state index contributed by atoms with van der Waals surface area (Å²) in [5, 5.41) is 0.670. The summed E-state index contributed by atoms with van der Waals surface area (Å²) in [5.74, 6) is -0.268. The molecule has 2 aromatic rings. The van der Waals surface area contributed by atoms with Gasteiger partial charge in [-0.05, 0) is 57.7 Å². The summed E-state index contributed by atoms with van der Waals surface area (Å²) < 4.78 is 13.6. The summed E-state index contributed by atoms with van der Waals surface area (Å²) in [6, 6.07) is 12.2. The van der Waals surface area contributed by atoms with Crippen LogP contribution >= 0.6 is 27.5 Å². The highest BCUT2D eigenvalue weighted by Gasteiger charge is 2.09. The lowest BCUT2D eigenvalue weighted by Gasteiger charge is -2.12. The zero-order valence-electron chi connectivity index (χ0n) is 9.54. The Morgan fingerprint density at radius 1 is 1.22 bits per heavy atom. The third kappa shape index (κ3) is 3.31. The van der Waals surface area contributed by atoms with E-state index in [0.29, 0.717) is 15.9 Å². The van der Waals surface area contributed by atoms with E-state index in [-0.39, 0.29) is 11.9 Å². The van der Waals surface area contributed by atoms with E-state index in [2.05, 4.69) is 15.9 Å². The molecule has 94 valence electrons. The van der Waals surface area contributed by atoms with E-state index >= 15 is 0 Å². The smallest absolute Gasteiger partial charge is 0.137 e. The Hall–Kier alpha value is -0.900. The van der Waals surface area contributed by atoms with Crippen LogP contribution in [0.3, 0.4) is 0 Å². The molecular formula is C14H12BrClFN. The van der Waals surface area contributed by atoms with Crippen LogP contribution in [-0.2, 0) is 6.42 Å². The molecule has 0 aliphatic heterocycles. The lowest BCUT2D eigenvalue weighted by Crippen LogP contribution is -2.13. The molecular weight excluding hydrogens is 317 g/mol. The van der Waals surface area contributed by atoms with Crippen LogP contribution in [-0.4, -0.2) is 0 Å². The van der Waals surface area contributed by atoms with Crippen molar-refractivity contribution in [2.75, 3.05) is 0 Å². The molecule has 0 fully saturated rings. The van der Waals surface area contributed by atoms with Crippen molar-refractivity contribution in [2.24, 2.45) is 5.73 Å². The maximum absolute atomic E-state index is 13.1. The molecule has 0 saturated heterocycles. The lowest BCUT2D eigenvalue weighted by atomic mass is 10.00. The molecule has 0 aliphatic carbocycles. The highest BCUT2D eigenvalue weighted by Crippen LogP contribution is 2.22. The first kappa shape index (κ1) is 13.5. The van der Waals surface area contributed by atoms with Gasteiger partial charge in [-0.2, -0.15) is 0 Å². The lowest BCUT2D eigenvalue weighted by molar-refractivity contribution is 0.618. The second-order valence-corrected chi connectivity index (χ2v) is 5.40. The molecule has 1 atom stereocenters. The van der Waals surface area contributed by atoms with Crippen molar-refractivity contribution in [1.29, 1.82) is 0 Å². The van der Waals surface area contributed by atoms with Crippen LogP contribution in [0.25, 0.3) is 0 Å². The average molecular weight is 329 g/mol. The summed E-state index contributed by atoms with van der Waals surface area (Å²) in [7, 11) is 0. The number of rotatable bonds is 3. The topological polar surface area (TPSA) is 26.0 Å². The quantitative estimate of drug-likeness (QED) is 0.883. The minimum absolute atomic E-state index is 0.152. The molecule has 0 radical (unpaired) electrons. The SMILES string of the molecule is NC(Cc1ccc(F)c(Br)c1)c1cccc(Cl)c1. The van der Waals surface area contributed by atoms with Crippen molar-refractivity contribution in [3.8, 4) is 0 Å². The van der Waals surface area contributed by atoms with Gasteiger partial charge in [0.2, 0.25) is 0 Å². The predicted molar refractivity (Wildman–Crippen MR) is 76.2 cm³/mol.